The molecule has 0 saturated heterocycles. The molecule has 104 valence electrons. The Labute approximate surface area is 106 Å². The molecule has 0 bridgehead atoms. The van der Waals surface area contributed by atoms with Crippen molar-refractivity contribution in [3.63, 3.8) is 0 Å². The summed E-state index contributed by atoms with van der Waals surface area (Å²) in [6, 6.07) is 0.663. The molecule has 0 spiro atoms. The largest absolute Gasteiger partial charge is 0.330 e. The maximum atomic E-state index is 5.72. The van der Waals surface area contributed by atoms with Crippen LogP contribution in [0.15, 0.2) is 0 Å². The third-order valence-corrected chi connectivity index (χ3v) is 2.68. The van der Waals surface area contributed by atoms with Crippen molar-refractivity contribution in [1.82, 2.24) is 10.2 Å². The van der Waals surface area contributed by atoms with Gasteiger partial charge in [-0.2, -0.15) is 0 Å². The second kappa shape index (κ2) is 10.9. The highest BCUT2D eigenvalue weighted by Crippen LogP contribution is 1.96. The molecular formula is C12H31N5. The van der Waals surface area contributed by atoms with Gasteiger partial charge in [0.1, 0.15) is 0 Å². The van der Waals surface area contributed by atoms with Gasteiger partial charge < -0.3 is 27.4 Å². The van der Waals surface area contributed by atoms with Crippen LogP contribution in [-0.2, 0) is 0 Å². The van der Waals surface area contributed by atoms with E-state index in [0.717, 1.165) is 52.1 Å². The summed E-state index contributed by atoms with van der Waals surface area (Å²) in [5.74, 6) is 0. The molecule has 0 fully saturated rings. The second-order valence-electron chi connectivity index (χ2n) is 4.87. The smallest absolute Gasteiger partial charge is 0.0167 e. The number of rotatable bonds is 11. The predicted molar refractivity (Wildman–Crippen MR) is 74.9 cm³/mol. The lowest BCUT2D eigenvalue weighted by atomic mass is 10.2. The van der Waals surface area contributed by atoms with E-state index in [0.29, 0.717) is 6.04 Å². The van der Waals surface area contributed by atoms with E-state index in [9.17, 15) is 0 Å². The Morgan fingerprint density at radius 1 is 1.06 bits per heavy atom. The summed E-state index contributed by atoms with van der Waals surface area (Å²) in [7, 11) is 0. The Balaban J connectivity index is 3.84. The second-order valence-corrected chi connectivity index (χ2v) is 4.87. The Bertz CT molecular complexity index is 155. The van der Waals surface area contributed by atoms with Crippen LogP contribution >= 0.6 is 0 Å². The van der Waals surface area contributed by atoms with E-state index < -0.39 is 0 Å². The van der Waals surface area contributed by atoms with Crippen LogP contribution in [0.5, 0.6) is 0 Å². The van der Waals surface area contributed by atoms with Crippen molar-refractivity contribution in [2.24, 2.45) is 17.2 Å². The van der Waals surface area contributed by atoms with Gasteiger partial charge in [-0.05, 0) is 52.9 Å². The van der Waals surface area contributed by atoms with Crippen molar-refractivity contribution >= 4 is 0 Å². The number of nitrogens with two attached hydrogens (primary N) is 3. The van der Waals surface area contributed by atoms with Gasteiger partial charge in [0.15, 0.2) is 0 Å². The molecule has 7 N–H and O–H groups in total. The molecule has 0 aliphatic heterocycles. The first kappa shape index (κ1) is 16.8. The third-order valence-electron chi connectivity index (χ3n) is 2.68. The Kier molecular flexibility index (Phi) is 10.8. The number of nitrogens with one attached hydrogen (secondary N) is 1. The van der Waals surface area contributed by atoms with E-state index in [1.165, 1.54) is 0 Å². The van der Waals surface area contributed by atoms with Crippen LogP contribution in [0.3, 0.4) is 0 Å². The highest BCUT2D eigenvalue weighted by Gasteiger charge is 2.09. The minimum atomic E-state index is 0.207. The van der Waals surface area contributed by atoms with Gasteiger partial charge in [0.05, 0.1) is 0 Å². The van der Waals surface area contributed by atoms with Gasteiger partial charge in [-0.25, -0.2) is 0 Å². The van der Waals surface area contributed by atoms with E-state index in [-0.39, 0.29) is 6.04 Å². The summed E-state index contributed by atoms with van der Waals surface area (Å²) >= 11 is 0. The van der Waals surface area contributed by atoms with Crippen molar-refractivity contribution < 1.29 is 0 Å². The highest BCUT2D eigenvalue weighted by molar-refractivity contribution is 4.70. The summed E-state index contributed by atoms with van der Waals surface area (Å²) < 4.78 is 0. The zero-order valence-electron chi connectivity index (χ0n) is 11.5. The SMILES string of the molecule is CC(N)CNC(C)CN(CCCN)CCCN. The van der Waals surface area contributed by atoms with E-state index in [4.69, 9.17) is 17.2 Å². The predicted octanol–water partition coefficient (Wildman–Crippen LogP) is -0.689. The molecule has 2 unspecified atom stereocenters. The van der Waals surface area contributed by atoms with Crippen LogP contribution in [0.25, 0.3) is 0 Å². The van der Waals surface area contributed by atoms with Crippen LogP contribution in [-0.4, -0.2) is 56.3 Å². The molecule has 0 aromatic carbocycles. The molecule has 0 aromatic heterocycles. The molecule has 0 radical (unpaired) electrons. The molecular weight excluding hydrogens is 214 g/mol. The van der Waals surface area contributed by atoms with E-state index >= 15 is 0 Å². The number of hydrogen-bond acceptors (Lipinski definition) is 5. The van der Waals surface area contributed by atoms with Gasteiger partial charge in [-0.15, -0.1) is 0 Å². The van der Waals surface area contributed by atoms with Gasteiger partial charge in [0, 0.05) is 25.2 Å². The van der Waals surface area contributed by atoms with Gasteiger partial charge in [0.2, 0.25) is 0 Å². The van der Waals surface area contributed by atoms with Crippen molar-refractivity contribution in [2.75, 3.05) is 39.3 Å². The molecule has 0 aliphatic rings. The maximum absolute atomic E-state index is 5.72. The van der Waals surface area contributed by atoms with Crippen molar-refractivity contribution in [3.05, 3.63) is 0 Å². The van der Waals surface area contributed by atoms with Crippen molar-refractivity contribution in [2.45, 2.75) is 38.8 Å². The first-order chi connectivity index (χ1) is 8.10. The molecule has 5 nitrogen and oxygen atoms in total. The van der Waals surface area contributed by atoms with Crippen LogP contribution < -0.4 is 22.5 Å². The standard InChI is InChI=1S/C12H31N5/c1-11(15)9-16-12(2)10-17(7-3-5-13)8-4-6-14/h11-12,16H,3-10,13-15H2,1-2H3. The normalized spacial score (nSPS) is 15.2. The highest BCUT2D eigenvalue weighted by atomic mass is 15.1. The number of hydrogen-bond donors (Lipinski definition) is 4. The van der Waals surface area contributed by atoms with E-state index in [2.05, 4.69) is 17.1 Å². The van der Waals surface area contributed by atoms with Gasteiger partial charge in [-0.3, -0.25) is 0 Å². The monoisotopic (exact) mass is 245 g/mol. The van der Waals surface area contributed by atoms with Crippen LogP contribution in [0.4, 0.5) is 0 Å². The fourth-order valence-electron chi connectivity index (χ4n) is 1.76. The third kappa shape index (κ3) is 10.7. The first-order valence-electron chi connectivity index (χ1n) is 6.71. The molecule has 0 rings (SSSR count). The zero-order chi connectivity index (χ0) is 13.1. The molecule has 0 aliphatic carbocycles. The lowest BCUT2D eigenvalue weighted by molar-refractivity contribution is 0.243. The minimum Gasteiger partial charge on any atom is -0.330 e. The van der Waals surface area contributed by atoms with E-state index in [1.54, 1.807) is 0 Å². The molecule has 0 amide bonds. The summed E-state index contributed by atoms with van der Waals surface area (Å²) in [5.41, 5.74) is 16.8. The maximum Gasteiger partial charge on any atom is 0.0167 e. The molecule has 0 saturated carbocycles. The summed E-state index contributed by atoms with van der Waals surface area (Å²) in [4.78, 5) is 2.43. The average molecular weight is 245 g/mol. The molecule has 0 aromatic rings. The Hall–Kier alpha value is -0.200. The Morgan fingerprint density at radius 2 is 1.59 bits per heavy atom. The fourth-order valence-corrected chi connectivity index (χ4v) is 1.76. The molecule has 2 atom stereocenters. The quantitative estimate of drug-likeness (QED) is 0.387. The molecule has 17 heavy (non-hydrogen) atoms. The lowest BCUT2D eigenvalue weighted by Crippen LogP contribution is -2.44. The summed E-state index contributed by atoms with van der Waals surface area (Å²) in [6.07, 6.45) is 2.09. The van der Waals surface area contributed by atoms with E-state index in [1.807, 2.05) is 6.92 Å². The Morgan fingerprint density at radius 3 is 2.00 bits per heavy atom. The average Bonchev–Trinajstić information content (AvgIpc) is 2.30. The first-order valence-corrected chi connectivity index (χ1v) is 6.71. The lowest BCUT2D eigenvalue weighted by Gasteiger charge is -2.26. The summed E-state index contributed by atoms with van der Waals surface area (Å²) in [5, 5.41) is 3.44. The summed E-state index contributed by atoms with van der Waals surface area (Å²) in [6.45, 7) is 9.72. The van der Waals surface area contributed by atoms with Crippen LogP contribution in [0.2, 0.25) is 0 Å². The fraction of sp³-hybridized carbons (Fsp3) is 1.00. The molecule has 5 heteroatoms. The topological polar surface area (TPSA) is 93.3 Å². The minimum absolute atomic E-state index is 0.207. The van der Waals surface area contributed by atoms with Crippen LogP contribution in [0.1, 0.15) is 26.7 Å². The zero-order valence-corrected chi connectivity index (χ0v) is 11.5. The number of nitrogens with zero attached hydrogens (tertiary/aromatic N) is 1. The van der Waals surface area contributed by atoms with Gasteiger partial charge in [0.25, 0.3) is 0 Å². The van der Waals surface area contributed by atoms with Gasteiger partial charge >= 0.3 is 0 Å². The molecule has 0 heterocycles. The van der Waals surface area contributed by atoms with Gasteiger partial charge in [-0.1, -0.05) is 0 Å². The van der Waals surface area contributed by atoms with Crippen molar-refractivity contribution in [1.29, 1.82) is 0 Å². The van der Waals surface area contributed by atoms with Crippen molar-refractivity contribution in [3.8, 4) is 0 Å². The van der Waals surface area contributed by atoms with Crippen LogP contribution in [0, 0.1) is 0 Å².